The molecule has 0 aliphatic rings. The Morgan fingerprint density at radius 3 is 2.59 bits per heavy atom. The Morgan fingerprint density at radius 1 is 1.29 bits per heavy atom. The zero-order valence-corrected chi connectivity index (χ0v) is 11.0. The summed E-state index contributed by atoms with van der Waals surface area (Å²) in [5, 5.41) is 3.76. The molecule has 0 bridgehead atoms. The van der Waals surface area contributed by atoms with Gasteiger partial charge in [-0.3, -0.25) is 0 Å². The normalized spacial score (nSPS) is 11.2. The Hall–Kier alpha value is -1.23. The van der Waals surface area contributed by atoms with Crippen LogP contribution in [0.2, 0.25) is 0 Å². The number of fused-ring (bicyclic) bond motifs is 1. The van der Waals surface area contributed by atoms with Crippen molar-refractivity contribution in [3.63, 3.8) is 0 Å². The first-order chi connectivity index (χ1) is 8.02. The second kappa shape index (κ2) is 4.56. The van der Waals surface area contributed by atoms with E-state index in [2.05, 4.69) is 26.2 Å². The van der Waals surface area contributed by atoms with Crippen molar-refractivity contribution in [3.05, 3.63) is 33.9 Å². The van der Waals surface area contributed by atoms with Crippen molar-refractivity contribution >= 4 is 32.5 Å². The van der Waals surface area contributed by atoms with Crippen molar-refractivity contribution in [1.29, 1.82) is 0 Å². The molecule has 1 aromatic carbocycles. The number of rotatable bonds is 2. The molecule has 2 rings (SSSR count). The van der Waals surface area contributed by atoms with Crippen molar-refractivity contribution in [2.45, 2.75) is 13.3 Å². The van der Waals surface area contributed by atoms with E-state index in [1.54, 1.807) is 7.05 Å². The molecule has 0 unspecified atom stereocenters. The van der Waals surface area contributed by atoms with Gasteiger partial charge >= 0.3 is 0 Å². The number of anilines is 1. The number of pyridine rings is 1. The zero-order chi connectivity index (χ0) is 12.6. The molecule has 1 heterocycles. The molecule has 0 amide bonds. The van der Waals surface area contributed by atoms with Gasteiger partial charge in [0.25, 0.3) is 6.43 Å². The van der Waals surface area contributed by atoms with Crippen LogP contribution in [0, 0.1) is 6.92 Å². The maximum atomic E-state index is 12.7. The van der Waals surface area contributed by atoms with Crippen LogP contribution >= 0.6 is 15.9 Å². The van der Waals surface area contributed by atoms with Crippen LogP contribution in [-0.2, 0) is 0 Å². The first-order valence-corrected chi connectivity index (χ1v) is 5.89. The number of alkyl halides is 2. The van der Waals surface area contributed by atoms with E-state index in [4.69, 9.17) is 0 Å². The molecule has 0 saturated heterocycles. The summed E-state index contributed by atoms with van der Waals surface area (Å²) < 4.78 is 26.2. The van der Waals surface area contributed by atoms with Gasteiger partial charge < -0.3 is 5.32 Å². The van der Waals surface area contributed by atoms with Crippen LogP contribution < -0.4 is 5.32 Å². The monoisotopic (exact) mass is 300 g/mol. The summed E-state index contributed by atoms with van der Waals surface area (Å²) in [7, 11) is 1.71. The summed E-state index contributed by atoms with van der Waals surface area (Å²) in [5.41, 5.74) is 2.05. The molecular formula is C12H11BrF2N2. The number of nitrogens with one attached hydrogen (secondary N) is 1. The summed E-state index contributed by atoms with van der Waals surface area (Å²) in [6.45, 7) is 1.95. The van der Waals surface area contributed by atoms with Crippen LogP contribution in [0.15, 0.2) is 22.7 Å². The highest BCUT2D eigenvalue weighted by Gasteiger charge is 2.14. The summed E-state index contributed by atoms with van der Waals surface area (Å²) in [5.74, 6) is 0. The number of hydrogen-bond acceptors (Lipinski definition) is 2. The van der Waals surface area contributed by atoms with Gasteiger partial charge in [0.1, 0.15) is 5.69 Å². The van der Waals surface area contributed by atoms with Gasteiger partial charge in [0.2, 0.25) is 0 Å². The maximum absolute atomic E-state index is 12.7. The number of benzene rings is 1. The van der Waals surface area contributed by atoms with Crippen molar-refractivity contribution < 1.29 is 8.78 Å². The third-order valence-electron chi connectivity index (χ3n) is 2.52. The van der Waals surface area contributed by atoms with Gasteiger partial charge in [0.05, 0.1) is 5.52 Å². The average molecular weight is 301 g/mol. The number of nitrogens with zero attached hydrogens (tertiary/aromatic N) is 1. The fraction of sp³-hybridized carbons (Fsp3) is 0.250. The molecule has 0 aliphatic heterocycles. The smallest absolute Gasteiger partial charge is 0.280 e. The quantitative estimate of drug-likeness (QED) is 0.895. The van der Waals surface area contributed by atoms with Gasteiger partial charge in [-0.2, -0.15) is 0 Å². The third kappa shape index (κ3) is 2.24. The van der Waals surface area contributed by atoms with Gasteiger partial charge in [-0.05, 0) is 46.6 Å². The van der Waals surface area contributed by atoms with E-state index in [0.29, 0.717) is 11.2 Å². The molecule has 90 valence electrons. The minimum absolute atomic E-state index is 0.216. The lowest BCUT2D eigenvalue weighted by atomic mass is 10.1. The lowest BCUT2D eigenvalue weighted by Gasteiger charge is -2.10. The van der Waals surface area contributed by atoms with E-state index >= 15 is 0 Å². The van der Waals surface area contributed by atoms with E-state index in [-0.39, 0.29) is 5.69 Å². The molecule has 0 spiro atoms. The Morgan fingerprint density at radius 2 is 2.00 bits per heavy atom. The van der Waals surface area contributed by atoms with Crippen LogP contribution in [0.25, 0.3) is 10.9 Å². The second-order valence-corrected chi connectivity index (χ2v) is 4.64. The van der Waals surface area contributed by atoms with Crippen molar-refractivity contribution in [2.75, 3.05) is 12.4 Å². The molecule has 1 N–H and O–H groups in total. The first kappa shape index (κ1) is 12.2. The number of halogens is 3. The molecular weight excluding hydrogens is 290 g/mol. The molecule has 2 aromatic rings. The van der Waals surface area contributed by atoms with Gasteiger partial charge in [0, 0.05) is 22.6 Å². The summed E-state index contributed by atoms with van der Waals surface area (Å²) in [6.07, 6.45) is -2.57. The standard InChI is InChI=1S/C12H11BrF2N2/c1-6-3-7-9(16-2)5-10(12(14)15)17-11(7)8(13)4-6/h3-5,12H,1-2H3,(H,16,17). The van der Waals surface area contributed by atoms with Crippen LogP contribution in [0.1, 0.15) is 17.7 Å². The van der Waals surface area contributed by atoms with Gasteiger partial charge in [-0.25, -0.2) is 13.8 Å². The molecule has 0 saturated carbocycles. The van der Waals surface area contributed by atoms with E-state index in [1.807, 2.05) is 19.1 Å². The van der Waals surface area contributed by atoms with Crippen LogP contribution in [0.3, 0.4) is 0 Å². The van der Waals surface area contributed by atoms with Gasteiger partial charge in [-0.15, -0.1) is 0 Å². The van der Waals surface area contributed by atoms with E-state index in [9.17, 15) is 8.78 Å². The third-order valence-corrected chi connectivity index (χ3v) is 3.13. The molecule has 0 aliphatic carbocycles. The molecule has 2 nitrogen and oxygen atoms in total. The van der Waals surface area contributed by atoms with E-state index in [1.165, 1.54) is 6.07 Å². The van der Waals surface area contributed by atoms with Crippen molar-refractivity contribution in [1.82, 2.24) is 4.98 Å². The number of aromatic nitrogens is 1. The summed E-state index contributed by atoms with van der Waals surface area (Å²) in [4.78, 5) is 3.99. The van der Waals surface area contributed by atoms with E-state index < -0.39 is 6.43 Å². The number of hydrogen-bond donors (Lipinski definition) is 1. The summed E-state index contributed by atoms with van der Waals surface area (Å²) >= 11 is 3.36. The van der Waals surface area contributed by atoms with Crippen LogP contribution in [0.4, 0.5) is 14.5 Å². The van der Waals surface area contributed by atoms with E-state index in [0.717, 1.165) is 15.4 Å². The molecule has 0 atom stereocenters. The lowest BCUT2D eigenvalue weighted by molar-refractivity contribution is 0.146. The zero-order valence-electron chi connectivity index (χ0n) is 9.39. The highest BCUT2D eigenvalue weighted by Crippen LogP contribution is 2.32. The van der Waals surface area contributed by atoms with Crippen molar-refractivity contribution in [3.8, 4) is 0 Å². The average Bonchev–Trinajstić information content (AvgIpc) is 2.27. The molecule has 17 heavy (non-hydrogen) atoms. The molecule has 0 fully saturated rings. The highest BCUT2D eigenvalue weighted by atomic mass is 79.9. The summed E-state index contributed by atoms with van der Waals surface area (Å²) in [6, 6.07) is 5.18. The first-order valence-electron chi connectivity index (χ1n) is 5.09. The Bertz CT molecular complexity index is 570. The Labute approximate surface area is 106 Å². The van der Waals surface area contributed by atoms with Crippen LogP contribution in [0.5, 0.6) is 0 Å². The Kier molecular flexibility index (Phi) is 3.28. The van der Waals surface area contributed by atoms with Gasteiger partial charge in [-0.1, -0.05) is 0 Å². The largest absolute Gasteiger partial charge is 0.388 e. The minimum Gasteiger partial charge on any atom is -0.388 e. The second-order valence-electron chi connectivity index (χ2n) is 3.79. The number of aryl methyl sites for hydroxylation is 1. The topological polar surface area (TPSA) is 24.9 Å². The molecule has 1 aromatic heterocycles. The Balaban J connectivity index is 2.82. The molecule has 5 heteroatoms. The SMILES string of the molecule is CNc1cc(C(F)F)nc2c(Br)cc(C)cc12. The minimum atomic E-state index is -2.57. The predicted molar refractivity (Wildman–Crippen MR) is 68.7 cm³/mol. The van der Waals surface area contributed by atoms with Crippen molar-refractivity contribution in [2.24, 2.45) is 0 Å². The predicted octanol–water partition coefficient (Wildman–Crippen LogP) is 4.29. The highest BCUT2D eigenvalue weighted by molar-refractivity contribution is 9.10. The van der Waals surface area contributed by atoms with Crippen LogP contribution in [-0.4, -0.2) is 12.0 Å². The fourth-order valence-electron chi connectivity index (χ4n) is 1.76. The fourth-order valence-corrected chi connectivity index (χ4v) is 2.42. The molecule has 0 radical (unpaired) electrons. The maximum Gasteiger partial charge on any atom is 0.280 e. The van der Waals surface area contributed by atoms with Gasteiger partial charge in [0.15, 0.2) is 0 Å². The lowest BCUT2D eigenvalue weighted by Crippen LogP contribution is -1.98.